The Bertz CT molecular complexity index is 527. The van der Waals surface area contributed by atoms with Gasteiger partial charge in [-0.15, -0.1) is 11.3 Å². The molecule has 0 fully saturated rings. The molecule has 1 aromatic heterocycles. The number of halogens is 2. The number of nitrogens with two attached hydrogens (primary N) is 1. The van der Waals surface area contributed by atoms with Crippen LogP contribution in [0, 0.1) is 12.7 Å². The topological polar surface area (TPSA) is 38.0 Å². The van der Waals surface area contributed by atoms with Crippen molar-refractivity contribution in [3.63, 3.8) is 0 Å². The Morgan fingerprint density at radius 2 is 2.18 bits per heavy atom. The van der Waals surface area contributed by atoms with Crippen molar-refractivity contribution >= 4 is 22.9 Å². The molecular formula is C12H12ClFN2S. The van der Waals surface area contributed by atoms with Crippen molar-refractivity contribution in [3.8, 4) is 0 Å². The van der Waals surface area contributed by atoms with E-state index >= 15 is 0 Å². The minimum Gasteiger partial charge on any atom is -0.271 e. The average Bonchev–Trinajstić information content (AvgIpc) is 2.71. The molecule has 0 amide bonds. The van der Waals surface area contributed by atoms with Crippen LogP contribution in [0.2, 0.25) is 5.02 Å². The van der Waals surface area contributed by atoms with E-state index in [2.05, 4.69) is 5.43 Å². The number of hydrogen-bond donors (Lipinski definition) is 2. The zero-order chi connectivity index (χ0) is 12.4. The number of hydrazine groups is 1. The average molecular weight is 271 g/mol. The summed E-state index contributed by atoms with van der Waals surface area (Å²) in [5, 5.41) is 2.11. The molecule has 5 heteroatoms. The smallest absolute Gasteiger partial charge is 0.141 e. The quantitative estimate of drug-likeness (QED) is 0.663. The van der Waals surface area contributed by atoms with Crippen LogP contribution in [0.5, 0.6) is 0 Å². The van der Waals surface area contributed by atoms with Crippen LogP contribution >= 0.6 is 22.9 Å². The lowest BCUT2D eigenvalue weighted by molar-refractivity contribution is 0.615. The van der Waals surface area contributed by atoms with E-state index in [9.17, 15) is 4.39 Å². The van der Waals surface area contributed by atoms with Crippen LogP contribution in [0.15, 0.2) is 29.6 Å². The molecule has 1 unspecified atom stereocenters. The van der Waals surface area contributed by atoms with Crippen LogP contribution in [-0.2, 0) is 0 Å². The summed E-state index contributed by atoms with van der Waals surface area (Å²) < 4.78 is 13.1. The second-order valence-electron chi connectivity index (χ2n) is 3.71. The summed E-state index contributed by atoms with van der Waals surface area (Å²) in [5.74, 6) is 5.15. The lowest BCUT2D eigenvalue weighted by atomic mass is 10.0. The first-order chi connectivity index (χ1) is 8.13. The summed E-state index contributed by atoms with van der Waals surface area (Å²) in [6.07, 6.45) is 0. The fourth-order valence-corrected chi connectivity index (χ4v) is 2.68. The fourth-order valence-electron chi connectivity index (χ4n) is 1.75. The molecular weight excluding hydrogens is 259 g/mol. The van der Waals surface area contributed by atoms with Gasteiger partial charge in [-0.05, 0) is 41.6 Å². The first kappa shape index (κ1) is 12.5. The third-order valence-electron chi connectivity index (χ3n) is 2.65. The van der Waals surface area contributed by atoms with Crippen LogP contribution in [0.3, 0.4) is 0 Å². The predicted octanol–water partition coefficient (Wildman–Crippen LogP) is 3.40. The summed E-state index contributed by atoms with van der Waals surface area (Å²) >= 11 is 7.42. The molecule has 0 spiro atoms. The summed E-state index contributed by atoms with van der Waals surface area (Å²) in [4.78, 5) is 1.17. The zero-order valence-corrected chi connectivity index (χ0v) is 10.8. The monoisotopic (exact) mass is 270 g/mol. The second-order valence-corrected chi connectivity index (χ2v) is 5.23. The van der Waals surface area contributed by atoms with Crippen LogP contribution in [0.25, 0.3) is 0 Å². The molecule has 3 N–H and O–H groups in total. The highest BCUT2D eigenvalue weighted by molar-refractivity contribution is 7.10. The Morgan fingerprint density at radius 3 is 2.71 bits per heavy atom. The highest BCUT2D eigenvalue weighted by atomic mass is 35.5. The second kappa shape index (κ2) is 5.14. The molecule has 0 aliphatic heterocycles. The number of rotatable bonds is 3. The Hall–Kier alpha value is -0.940. The van der Waals surface area contributed by atoms with E-state index < -0.39 is 5.82 Å². The van der Waals surface area contributed by atoms with Crippen molar-refractivity contribution in [2.24, 2.45) is 5.84 Å². The maximum absolute atomic E-state index is 13.1. The minimum atomic E-state index is -0.423. The molecule has 0 aliphatic rings. The van der Waals surface area contributed by atoms with Gasteiger partial charge in [0.1, 0.15) is 5.82 Å². The zero-order valence-electron chi connectivity index (χ0n) is 9.21. The normalized spacial score (nSPS) is 12.7. The molecule has 0 radical (unpaired) electrons. The van der Waals surface area contributed by atoms with Gasteiger partial charge < -0.3 is 0 Å². The standard InChI is InChI=1S/C12H12ClFN2S/c1-7-9(4-5-17-7)12(16-15)8-2-3-11(14)10(13)6-8/h2-6,12,16H,15H2,1H3. The van der Waals surface area contributed by atoms with E-state index in [1.165, 1.54) is 10.9 Å². The third kappa shape index (κ3) is 2.50. The van der Waals surface area contributed by atoms with E-state index in [-0.39, 0.29) is 11.1 Å². The lowest BCUT2D eigenvalue weighted by Gasteiger charge is -2.17. The van der Waals surface area contributed by atoms with Crippen LogP contribution in [0.1, 0.15) is 22.0 Å². The first-order valence-corrected chi connectivity index (χ1v) is 6.34. The molecule has 1 heterocycles. The van der Waals surface area contributed by atoms with Crippen LogP contribution in [0.4, 0.5) is 4.39 Å². The van der Waals surface area contributed by atoms with E-state index in [1.54, 1.807) is 23.5 Å². The molecule has 1 aromatic carbocycles. The van der Waals surface area contributed by atoms with Gasteiger partial charge in [0.05, 0.1) is 11.1 Å². The van der Waals surface area contributed by atoms with Crippen LogP contribution < -0.4 is 11.3 Å². The van der Waals surface area contributed by atoms with Gasteiger partial charge in [0, 0.05) is 4.88 Å². The van der Waals surface area contributed by atoms with E-state index in [1.807, 2.05) is 18.4 Å². The SMILES string of the molecule is Cc1sccc1C(NN)c1ccc(F)c(Cl)c1. The van der Waals surface area contributed by atoms with Crippen molar-refractivity contribution in [1.29, 1.82) is 0 Å². The molecule has 1 atom stereocenters. The van der Waals surface area contributed by atoms with Gasteiger partial charge in [0.2, 0.25) is 0 Å². The molecule has 0 saturated carbocycles. The van der Waals surface area contributed by atoms with Gasteiger partial charge in [0.15, 0.2) is 0 Å². The molecule has 0 bridgehead atoms. The first-order valence-electron chi connectivity index (χ1n) is 5.08. The van der Waals surface area contributed by atoms with Crippen molar-refractivity contribution in [2.75, 3.05) is 0 Å². The highest BCUT2D eigenvalue weighted by Gasteiger charge is 2.16. The van der Waals surface area contributed by atoms with E-state index in [4.69, 9.17) is 17.4 Å². The Morgan fingerprint density at radius 1 is 1.41 bits per heavy atom. The van der Waals surface area contributed by atoms with E-state index in [0.29, 0.717) is 0 Å². The van der Waals surface area contributed by atoms with Crippen LogP contribution in [-0.4, -0.2) is 0 Å². The molecule has 2 nitrogen and oxygen atoms in total. The predicted molar refractivity (Wildman–Crippen MR) is 69.6 cm³/mol. The van der Waals surface area contributed by atoms with Crippen molar-refractivity contribution < 1.29 is 4.39 Å². The van der Waals surface area contributed by atoms with Gasteiger partial charge in [0.25, 0.3) is 0 Å². The maximum atomic E-state index is 13.1. The van der Waals surface area contributed by atoms with Gasteiger partial charge in [-0.3, -0.25) is 5.84 Å². The molecule has 2 aromatic rings. The Balaban J connectivity index is 2.42. The number of nitrogens with one attached hydrogen (secondary N) is 1. The summed E-state index contributed by atoms with van der Waals surface area (Å²) in [5.41, 5.74) is 4.66. The van der Waals surface area contributed by atoms with E-state index in [0.717, 1.165) is 11.1 Å². The molecule has 2 rings (SSSR count). The molecule has 0 saturated heterocycles. The third-order valence-corrected chi connectivity index (χ3v) is 3.80. The van der Waals surface area contributed by atoms with Gasteiger partial charge >= 0.3 is 0 Å². The van der Waals surface area contributed by atoms with Crippen molar-refractivity contribution in [3.05, 3.63) is 56.5 Å². The number of hydrogen-bond acceptors (Lipinski definition) is 3. The van der Waals surface area contributed by atoms with Crippen molar-refractivity contribution in [1.82, 2.24) is 5.43 Å². The summed E-state index contributed by atoms with van der Waals surface area (Å²) in [6.45, 7) is 2.02. The number of benzene rings is 1. The van der Waals surface area contributed by atoms with Gasteiger partial charge in [-0.2, -0.15) is 0 Å². The highest BCUT2D eigenvalue weighted by Crippen LogP contribution is 2.29. The summed E-state index contributed by atoms with van der Waals surface area (Å²) in [7, 11) is 0. The van der Waals surface area contributed by atoms with Gasteiger partial charge in [-0.1, -0.05) is 17.7 Å². The lowest BCUT2D eigenvalue weighted by Crippen LogP contribution is -2.29. The molecule has 17 heavy (non-hydrogen) atoms. The number of aryl methyl sites for hydroxylation is 1. The Kier molecular flexibility index (Phi) is 3.79. The maximum Gasteiger partial charge on any atom is 0.141 e. The fraction of sp³-hybridized carbons (Fsp3) is 0.167. The molecule has 0 aliphatic carbocycles. The van der Waals surface area contributed by atoms with Crippen molar-refractivity contribution in [2.45, 2.75) is 13.0 Å². The number of thiophene rings is 1. The largest absolute Gasteiger partial charge is 0.271 e. The summed E-state index contributed by atoms with van der Waals surface area (Å²) in [6, 6.07) is 6.46. The van der Waals surface area contributed by atoms with Gasteiger partial charge in [-0.25, -0.2) is 9.82 Å². The molecule has 90 valence electrons. The Labute approximate surface area is 108 Å². The minimum absolute atomic E-state index is 0.107.